The number of fused-ring (bicyclic) bond motifs is 3. The highest BCUT2D eigenvalue weighted by Crippen LogP contribution is 2.43. The molecule has 0 saturated carbocycles. The highest BCUT2D eigenvalue weighted by Gasteiger charge is 2.28. The summed E-state index contributed by atoms with van der Waals surface area (Å²) in [7, 11) is 0. The molecule has 2 atom stereocenters. The second kappa shape index (κ2) is 6.76. The highest BCUT2D eigenvalue weighted by molar-refractivity contribution is 6.00. The van der Waals surface area contributed by atoms with Crippen LogP contribution in [0.2, 0.25) is 0 Å². The van der Waals surface area contributed by atoms with Crippen molar-refractivity contribution >= 4 is 17.9 Å². The number of ether oxygens (including phenoxy) is 1. The number of hydrogen-bond donors (Lipinski definition) is 1. The van der Waals surface area contributed by atoms with E-state index in [0.717, 1.165) is 49.9 Å². The van der Waals surface area contributed by atoms with Crippen LogP contribution in [0.3, 0.4) is 0 Å². The van der Waals surface area contributed by atoms with Gasteiger partial charge in [-0.3, -0.25) is 0 Å². The van der Waals surface area contributed by atoms with Crippen LogP contribution in [0.5, 0.6) is 5.88 Å². The van der Waals surface area contributed by atoms with Gasteiger partial charge in [-0.05, 0) is 60.3 Å². The van der Waals surface area contributed by atoms with Gasteiger partial charge in [0.05, 0.1) is 24.9 Å². The molecule has 0 spiro atoms. The normalized spacial score (nSPS) is 22.6. The number of urea groups is 1. The zero-order valence-corrected chi connectivity index (χ0v) is 16.5. The molecular weight excluding hydrogens is 352 g/mol. The Kier molecular flexibility index (Phi) is 4.22. The van der Waals surface area contributed by atoms with Crippen molar-refractivity contribution in [3.05, 3.63) is 40.1 Å². The molecule has 2 aromatic rings. The fraction of sp³-hybridized carbons (Fsp3) is 0.500. The number of rotatable bonds is 2. The number of carbonyl (C=O) groups excluding carboxylic acids is 1. The summed E-state index contributed by atoms with van der Waals surface area (Å²) in [6, 6.07) is 2.04. The van der Waals surface area contributed by atoms with Crippen LogP contribution in [0.25, 0.3) is 0 Å². The van der Waals surface area contributed by atoms with Crippen LogP contribution in [0, 0.1) is 5.92 Å². The Morgan fingerprint density at radius 2 is 2.21 bits per heavy atom. The van der Waals surface area contributed by atoms with E-state index in [2.05, 4.69) is 35.3 Å². The van der Waals surface area contributed by atoms with Crippen LogP contribution in [0.4, 0.5) is 10.5 Å². The molecule has 1 aromatic carbocycles. The minimum Gasteiger partial charge on any atom is -0.477 e. The van der Waals surface area contributed by atoms with Crippen LogP contribution in [-0.2, 0) is 25.8 Å². The van der Waals surface area contributed by atoms with Crippen molar-refractivity contribution in [2.24, 2.45) is 10.9 Å². The fourth-order valence-electron chi connectivity index (χ4n) is 4.85. The number of aliphatic imine (C=N–C) groups is 1. The summed E-state index contributed by atoms with van der Waals surface area (Å²) < 4.78 is 7.61. The van der Waals surface area contributed by atoms with Gasteiger partial charge in [-0.15, -0.1) is 0 Å². The molecule has 0 unspecified atom stereocenters. The number of nitrogens with zero attached hydrogens (tertiary/aromatic N) is 3. The molecule has 6 heteroatoms. The third-order valence-electron chi connectivity index (χ3n) is 6.23. The number of aromatic nitrogens is 2. The molecule has 28 heavy (non-hydrogen) atoms. The summed E-state index contributed by atoms with van der Waals surface area (Å²) in [5.41, 5.74) is 7.22. The van der Waals surface area contributed by atoms with E-state index in [9.17, 15) is 4.79 Å². The van der Waals surface area contributed by atoms with E-state index in [0.29, 0.717) is 24.3 Å². The van der Waals surface area contributed by atoms with E-state index >= 15 is 0 Å². The molecule has 1 aromatic heterocycles. The lowest BCUT2D eigenvalue weighted by molar-refractivity contribution is 0.175. The summed E-state index contributed by atoms with van der Waals surface area (Å²) in [6.45, 7) is 5.88. The van der Waals surface area contributed by atoms with E-state index in [1.54, 1.807) is 12.4 Å². The van der Waals surface area contributed by atoms with Crippen molar-refractivity contribution in [1.82, 2.24) is 9.78 Å². The van der Waals surface area contributed by atoms with Crippen LogP contribution in [0.1, 0.15) is 60.4 Å². The van der Waals surface area contributed by atoms with E-state index in [4.69, 9.17) is 4.74 Å². The third-order valence-corrected chi connectivity index (χ3v) is 6.23. The molecule has 3 aliphatic rings. The van der Waals surface area contributed by atoms with Crippen molar-refractivity contribution < 1.29 is 9.53 Å². The van der Waals surface area contributed by atoms with Crippen LogP contribution < -0.4 is 10.1 Å². The number of amides is 2. The minimum absolute atomic E-state index is 0.328. The molecule has 1 aliphatic heterocycles. The maximum atomic E-state index is 12.7. The van der Waals surface area contributed by atoms with Crippen molar-refractivity contribution in [2.75, 3.05) is 11.9 Å². The summed E-state index contributed by atoms with van der Waals surface area (Å²) >= 11 is 0. The van der Waals surface area contributed by atoms with Crippen molar-refractivity contribution in [1.29, 1.82) is 0 Å². The van der Waals surface area contributed by atoms with Gasteiger partial charge in [-0.1, -0.05) is 19.9 Å². The lowest BCUT2D eigenvalue weighted by Gasteiger charge is -2.21. The molecule has 0 bridgehead atoms. The zero-order chi connectivity index (χ0) is 19.3. The summed E-state index contributed by atoms with van der Waals surface area (Å²) in [6.07, 6.45) is 8.86. The number of hydrogen-bond acceptors (Lipinski definition) is 3. The fourth-order valence-corrected chi connectivity index (χ4v) is 4.85. The number of anilines is 1. The standard InChI is InChI=1S/C22H26N4O2/c1-13-11-26-21(28-12-13)17(10-24-26)9-23-22(27)25-20-18-5-3-4-15(18)8-16-7-6-14(2)19(16)20/h8-10,13-14H,3-7,11-12H2,1-2H3,(H,25,27)/t13-,14-/m0/s1. The number of aryl methyl sites for hydroxylation is 2. The average molecular weight is 378 g/mol. The lowest BCUT2D eigenvalue weighted by atomic mass is 9.95. The van der Waals surface area contributed by atoms with Crippen molar-refractivity contribution in [2.45, 2.75) is 58.4 Å². The molecule has 2 heterocycles. The van der Waals surface area contributed by atoms with E-state index in [-0.39, 0.29) is 6.03 Å². The molecule has 0 saturated heterocycles. The van der Waals surface area contributed by atoms with E-state index in [1.165, 1.54) is 22.3 Å². The Bertz CT molecular complexity index is 975. The van der Waals surface area contributed by atoms with Crippen molar-refractivity contribution in [3.63, 3.8) is 0 Å². The summed E-state index contributed by atoms with van der Waals surface area (Å²) in [5.74, 6) is 1.62. The third kappa shape index (κ3) is 2.91. The van der Waals surface area contributed by atoms with Gasteiger partial charge >= 0.3 is 6.03 Å². The number of carbonyl (C=O) groups is 1. The summed E-state index contributed by atoms with van der Waals surface area (Å²) in [4.78, 5) is 16.8. The first-order valence-electron chi connectivity index (χ1n) is 10.3. The topological polar surface area (TPSA) is 68.5 Å². The minimum atomic E-state index is -0.328. The van der Waals surface area contributed by atoms with Gasteiger partial charge in [0.2, 0.25) is 5.88 Å². The second-order valence-electron chi connectivity index (χ2n) is 8.45. The van der Waals surface area contributed by atoms with Gasteiger partial charge in [-0.2, -0.15) is 5.10 Å². The van der Waals surface area contributed by atoms with Crippen molar-refractivity contribution in [3.8, 4) is 5.88 Å². The molecule has 146 valence electrons. The Morgan fingerprint density at radius 1 is 1.32 bits per heavy atom. The van der Waals surface area contributed by atoms with Crippen LogP contribution >= 0.6 is 0 Å². The highest BCUT2D eigenvalue weighted by atomic mass is 16.5. The Morgan fingerprint density at radius 3 is 3.11 bits per heavy atom. The van der Waals surface area contributed by atoms with Gasteiger partial charge in [-0.25, -0.2) is 14.5 Å². The predicted octanol–water partition coefficient (Wildman–Crippen LogP) is 4.10. The first kappa shape index (κ1) is 17.5. The molecule has 2 aliphatic carbocycles. The van der Waals surface area contributed by atoms with Gasteiger partial charge < -0.3 is 10.1 Å². The Balaban J connectivity index is 1.39. The molecule has 2 amide bonds. The van der Waals surface area contributed by atoms with Crippen LogP contribution in [-0.4, -0.2) is 28.6 Å². The first-order valence-corrected chi connectivity index (χ1v) is 10.3. The molecule has 6 nitrogen and oxygen atoms in total. The smallest absolute Gasteiger partial charge is 0.345 e. The Labute approximate surface area is 165 Å². The van der Waals surface area contributed by atoms with E-state index < -0.39 is 0 Å². The average Bonchev–Trinajstić information content (AvgIpc) is 3.38. The lowest BCUT2D eigenvalue weighted by Crippen LogP contribution is -2.23. The first-order chi connectivity index (χ1) is 13.6. The van der Waals surface area contributed by atoms with Gasteiger partial charge in [0.1, 0.15) is 0 Å². The molecular formula is C22H26N4O2. The number of nitrogens with one attached hydrogen (secondary N) is 1. The predicted molar refractivity (Wildman–Crippen MR) is 109 cm³/mol. The maximum absolute atomic E-state index is 12.7. The molecule has 0 radical (unpaired) electrons. The summed E-state index contributed by atoms with van der Waals surface area (Å²) in [5, 5.41) is 7.46. The van der Waals surface area contributed by atoms with E-state index in [1.807, 2.05) is 4.68 Å². The Hall–Kier alpha value is -2.63. The van der Waals surface area contributed by atoms with Gasteiger partial charge in [0.25, 0.3) is 0 Å². The van der Waals surface area contributed by atoms with Gasteiger partial charge in [0.15, 0.2) is 0 Å². The number of benzene rings is 1. The second-order valence-corrected chi connectivity index (χ2v) is 8.45. The molecule has 0 fully saturated rings. The molecule has 5 rings (SSSR count). The maximum Gasteiger partial charge on any atom is 0.345 e. The molecule has 1 N–H and O–H groups in total. The largest absolute Gasteiger partial charge is 0.477 e. The quantitative estimate of drug-likeness (QED) is 0.800. The SMILES string of the molecule is C[C@@H]1COc2c(C=NC(=O)Nc3c4c(cc5c3[C@@H](C)CC5)CCC4)cnn2C1. The van der Waals surface area contributed by atoms with Gasteiger partial charge in [0, 0.05) is 17.8 Å². The zero-order valence-electron chi connectivity index (χ0n) is 16.5. The monoisotopic (exact) mass is 378 g/mol. The van der Waals surface area contributed by atoms with Crippen LogP contribution in [0.15, 0.2) is 17.3 Å².